The summed E-state index contributed by atoms with van der Waals surface area (Å²) in [6.07, 6.45) is 1.23. The number of aromatic amines is 1. The molecule has 0 aliphatic heterocycles. The lowest BCUT2D eigenvalue weighted by Crippen LogP contribution is -2.23. The number of hydrogen-bond acceptors (Lipinski definition) is 5. The molecule has 4 rings (SSSR count). The summed E-state index contributed by atoms with van der Waals surface area (Å²) in [5.74, 6) is -0.969. The van der Waals surface area contributed by atoms with Gasteiger partial charge in [0.1, 0.15) is 0 Å². The van der Waals surface area contributed by atoms with Crippen LogP contribution in [0.15, 0.2) is 59.3 Å². The topological polar surface area (TPSA) is 101 Å². The van der Waals surface area contributed by atoms with Crippen LogP contribution in [0.3, 0.4) is 0 Å². The van der Waals surface area contributed by atoms with Gasteiger partial charge in [0, 0.05) is 27.8 Å². The fraction of sp³-hybridized carbons (Fsp3) is 0.0526. The Labute approximate surface area is 148 Å². The minimum absolute atomic E-state index is 0.333. The smallest absolute Gasteiger partial charge is 0.296 e. The molecule has 26 heavy (non-hydrogen) atoms. The number of rotatable bonds is 4. The first kappa shape index (κ1) is 15.8. The lowest BCUT2D eigenvalue weighted by Gasteiger charge is -2.06. The van der Waals surface area contributed by atoms with Crippen LogP contribution in [0.5, 0.6) is 0 Å². The third-order valence-electron chi connectivity index (χ3n) is 4.05. The number of H-pyrrole nitrogens is 1. The van der Waals surface area contributed by atoms with E-state index in [9.17, 15) is 9.59 Å². The Morgan fingerprint density at radius 1 is 1.12 bits per heavy atom. The number of anilines is 1. The first-order chi connectivity index (χ1) is 12.6. The van der Waals surface area contributed by atoms with Gasteiger partial charge in [-0.3, -0.25) is 9.59 Å². The summed E-state index contributed by atoms with van der Waals surface area (Å²) in [6, 6.07) is 14.2. The predicted molar refractivity (Wildman–Crippen MR) is 95.7 cm³/mol. The van der Waals surface area contributed by atoms with Gasteiger partial charge in [0.2, 0.25) is 12.3 Å². The Bertz CT molecular complexity index is 1110. The molecule has 7 heteroatoms. The Morgan fingerprint density at radius 2 is 1.96 bits per heavy atom. The largest absolute Gasteiger partial charge is 0.423 e. The van der Waals surface area contributed by atoms with Crippen molar-refractivity contribution in [1.29, 1.82) is 0 Å². The number of aromatic nitrogens is 3. The Hall–Kier alpha value is -3.74. The molecule has 0 aliphatic carbocycles. The SMILES string of the molecule is Cc1[nH]c2ccccc2c1C(=O)C(=O)Nc1cccc(-c2nnco2)c1. The molecule has 1 amide bonds. The van der Waals surface area contributed by atoms with E-state index in [1.807, 2.05) is 24.3 Å². The fourth-order valence-corrected chi connectivity index (χ4v) is 2.90. The standard InChI is InChI=1S/C19H14N4O3/c1-11-16(14-7-2-3-8-15(14)21-11)17(24)18(25)22-13-6-4-5-12(9-13)19-23-20-10-26-19/h2-10,21H,1H3,(H,22,25). The van der Waals surface area contributed by atoms with Gasteiger partial charge < -0.3 is 14.7 Å². The zero-order valence-electron chi connectivity index (χ0n) is 13.8. The monoisotopic (exact) mass is 346 g/mol. The highest BCUT2D eigenvalue weighted by molar-refractivity contribution is 6.48. The van der Waals surface area contributed by atoms with Gasteiger partial charge in [0.15, 0.2) is 0 Å². The molecule has 0 unspecified atom stereocenters. The van der Waals surface area contributed by atoms with Crippen LogP contribution in [0.4, 0.5) is 5.69 Å². The van der Waals surface area contributed by atoms with Crippen LogP contribution in [0.1, 0.15) is 16.1 Å². The molecule has 128 valence electrons. The lowest BCUT2D eigenvalue weighted by molar-refractivity contribution is -0.112. The van der Waals surface area contributed by atoms with Gasteiger partial charge >= 0.3 is 0 Å². The molecule has 0 radical (unpaired) electrons. The van der Waals surface area contributed by atoms with E-state index in [1.165, 1.54) is 6.39 Å². The molecule has 2 aromatic carbocycles. The van der Waals surface area contributed by atoms with Gasteiger partial charge in [-0.25, -0.2) is 0 Å². The summed E-state index contributed by atoms with van der Waals surface area (Å²) >= 11 is 0. The predicted octanol–water partition coefficient (Wildman–Crippen LogP) is 3.35. The summed E-state index contributed by atoms with van der Waals surface area (Å²) < 4.78 is 5.14. The molecule has 4 aromatic rings. The third-order valence-corrected chi connectivity index (χ3v) is 4.05. The summed E-state index contributed by atoms with van der Waals surface area (Å²) in [5.41, 5.74) is 2.98. The summed E-state index contributed by atoms with van der Waals surface area (Å²) in [7, 11) is 0. The molecule has 2 heterocycles. The number of amides is 1. The van der Waals surface area contributed by atoms with Gasteiger partial charge in [-0.1, -0.05) is 24.3 Å². The summed E-state index contributed by atoms with van der Waals surface area (Å²) in [6.45, 7) is 1.77. The van der Waals surface area contributed by atoms with Crippen LogP contribution >= 0.6 is 0 Å². The highest BCUT2D eigenvalue weighted by Gasteiger charge is 2.22. The van der Waals surface area contributed by atoms with E-state index in [0.29, 0.717) is 28.4 Å². The zero-order chi connectivity index (χ0) is 18.1. The average molecular weight is 346 g/mol. The van der Waals surface area contributed by atoms with Crippen molar-refractivity contribution in [2.24, 2.45) is 0 Å². The van der Waals surface area contributed by atoms with E-state index in [-0.39, 0.29) is 0 Å². The van der Waals surface area contributed by atoms with Crippen LogP contribution in [0.25, 0.3) is 22.4 Å². The van der Waals surface area contributed by atoms with Crippen LogP contribution in [0.2, 0.25) is 0 Å². The van der Waals surface area contributed by atoms with Gasteiger partial charge in [0.05, 0.1) is 5.56 Å². The molecular formula is C19H14N4O3. The highest BCUT2D eigenvalue weighted by atomic mass is 16.4. The van der Waals surface area contributed by atoms with Crippen molar-refractivity contribution in [2.75, 3.05) is 5.32 Å². The van der Waals surface area contributed by atoms with Crippen LogP contribution in [-0.2, 0) is 4.79 Å². The number of Topliss-reactive ketones (excluding diaryl/α,β-unsaturated/α-hetero) is 1. The Balaban J connectivity index is 1.61. The molecule has 2 N–H and O–H groups in total. The van der Waals surface area contributed by atoms with Crippen molar-refractivity contribution in [2.45, 2.75) is 6.92 Å². The number of benzene rings is 2. The minimum Gasteiger partial charge on any atom is -0.423 e. The normalized spacial score (nSPS) is 10.8. The number of para-hydroxylation sites is 1. The van der Waals surface area contributed by atoms with Gasteiger partial charge in [0.25, 0.3) is 11.7 Å². The van der Waals surface area contributed by atoms with Crippen LogP contribution < -0.4 is 5.32 Å². The zero-order valence-corrected chi connectivity index (χ0v) is 13.8. The number of carbonyl (C=O) groups excluding carboxylic acids is 2. The number of fused-ring (bicyclic) bond motifs is 1. The first-order valence-corrected chi connectivity index (χ1v) is 7.93. The maximum Gasteiger partial charge on any atom is 0.296 e. The number of nitrogens with zero attached hydrogens (tertiary/aromatic N) is 2. The molecule has 0 atom stereocenters. The Kier molecular flexibility index (Phi) is 3.81. The molecule has 0 bridgehead atoms. The average Bonchev–Trinajstić information content (AvgIpc) is 3.28. The second kappa shape index (κ2) is 6.29. The number of nitrogens with one attached hydrogen (secondary N) is 2. The van der Waals surface area contributed by atoms with Crippen molar-refractivity contribution < 1.29 is 14.0 Å². The molecule has 0 saturated carbocycles. The lowest BCUT2D eigenvalue weighted by atomic mass is 10.1. The van der Waals surface area contributed by atoms with E-state index in [4.69, 9.17) is 4.42 Å². The molecular weight excluding hydrogens is 332 g/mol. The molecule has 0 saturated heterocycles. The quantitative estimate of drug-likeness (QED) is 0.436. The van der Waals surface area contributed by atoms with Crippen molar-refractivity contribution in [3.63, 3.8) is 0 Å². The fourth-order valence-electron chi connectivity index (χ4n) is 2.90. The van der Waals surface area contributed by atoms with Crippen molar-refractivity contribution in [1.82, 2.24) is 15.2 Å². The maximum absolute atomic E-state index is 12.7. The number of carbonyl (C=O) groups is 2. The van der Waals surface area contributed by atoms with E-state index in [1.54, 1.807) is 31.2 Å². The third kappa shape index (κ3) is 2.75. The van der Waals surface area contributed by atoms with Gasteiger partial charge in [-0.05, 0) is 31.2 Å². The van der Waals surface area contributed by atoms with Crippen molar-refractivity contribution in [3.05, 3.63) is 66.2 Å². The number of hydrogen-bond donors (Lipinski definition) is 2. The van der Waals surface area contributed by atoms with Crippen molar-refractivity contribution in [3.8, 4) is 11.5 Å². The van der Waals surface area contributed by atoms with Gasteiger partial charge in [-0.2, -0.15) is 0 Å². The second-order valence-corrected chi connectivity index (χ2v) is 5.78. The van der Waals surface area contributed by atoms with E-state index in [0.717, 1.165) is 10.9 Å². The van der Waals surface area contributed by atoms with E-state index >= 15 is 0 Å². The summed E-state index contributed by atoms with van der Waals surface area (Å²) in [4.78, 5) is 28.3. The second-order valence-electron chi connectivity index (χ2n) is 5.78. The van der Waals surface area contributed by atoms with Crippen LogP contribution in [-0.4, -0.2) is 26.9 Å². The highest BCUT2D eigenvalue weighted by Crippen LogP contribution is 2.24. The van der Waals surface area contributed by atoms with E-state index < -0.39 is 11.7 Å². The summed E-state index contributed by atoms with van der Waals surface area (Å²) in [5, 5.41) is 10.8. The minimum atomic E-state index is -0.708. The first-order valence-electron chi connectivity index (χ1n) is 7.93. The van der Waals surface area contributed by atoms with Crippen molar-refractivity contribution >= 4 is 28.3 Å². The molecule has 7 nitrogen and oxygen atoms in total. The number of aryl methyl sites for hydroxylation is 1. The maximum atomic E-state index is 12.7. The molecule has 0 aliphatic rings. The van der Waals surface area contributed by atoms with E-state index in [2.05, 4.69) is 20.5 Å². The van der Waals surface area contributed by atoms with Crippen LogP contribution in [0, 0.1) is 6.92 Å². The number of ketones is 1. The van der Waals surface area contributed by atoms with Gasteiger partial charge in [-0.15, -0.1) is 10.2 Å². The molecule has 2 aromatic heterocycles. The molecule has 0 fully saturated rings. The molecule has 0 spiro atoms. The Morgan fingerprint density at radius 3 is 2.77 bits per heavy atom.